The lowest BCUT2D eigenvalue weighted by Gasteiger charge is -2.27. The number of unbranched alkanes of at least 4 members (excludes halogenated alkanes) is 1. The molecule has 0 unspecified atom stereocenters. The predicted octanol–water partition coefficient (Wildman–Crippen LogP) is 3.59. The van der Waals surface area contributed by atoms with Crippen LogP contribution in [-0.4, -0.2) is 60.2 Å². The maximum atomic E-state index is 10.4. The van der Waals surface area contributed by atoms with Crippen molar-refractivity contribution in [1.29, 1.82) is 0 Å². The van der Waals surface area contributed by atoms with Gasteiger partial charge in [0.05, 0.1) is 0 Å². The van der Waals surface area contributed by atoms with E-state index in [9.17, 15) is 10.2 Å². The van der Waals surface area contributed by atoms with Crippen LogP contribution >= 0.6 is 0 Å². The molecule has 0 aromatic heterocycles. The third-order valence-corrected chi connectivity index (χ3v) is 4.63. The molecule has 0 saturated carbocycles. The zero-order chi connectivity index (χ0) is 21.1. The molecular weight excluding hydrogens is 366 g/mol. The van der Waals surface area contributed by atoms with Crippen LogP contribution in [0.3, 0.4) is 0 Å². The van der Waals surface area contributed by atoms with Crippen LogP contribution in [0.25, 0.3) is 0 Å². The quantitative estimate of drug-likeness (QED) is 0.537. The molecular formula is C24H35NO4. The minimum atomic E-state index is -0.628. The standard InChI is InChI=1S/C24H35NO4/c1-4-5-12-25(15-21(26)17-28-23-10-6-8-19(2)13-23)16-22(27)18-29-24-11-7-9-20(3)14-24/h6-11,13-14,21-22,26-27H,4-5,12,15-18H2,1-3H3/t21-,22-/m0/s1. The van der Waals surface area contributed by atoms with Crippen LogP contribution in [0.4, 0.5) is 0 Å². The van der Waals surface area contributed by atoms with Gasteiger partial charge >= 0.3 is 0 Å². The van der Waals surface area contributed by atoms with Gasteiger partial charge in [-0.2, -0.15) is 0 Å². The highest BCUT2D eigenvalue weighted by atomic mass is 16.5. The van der Waals surface area contributed by atoms with Crippen molar-refractivity contribution < 1.29 is 19.7 Å². The average Bonchev–Trinajstić information content (AvgIpc) is 2.69. The summed E-state index contributed by atoms with van der Waals surface area (Å²) in [7, 11) is 0. The van der Waals surface area contributed by atoms with Crippen LogP contribution in [0.15, 0.2) is 48.5 Å². The van der Waals surface area contributed by atoms with Gasteiger partial charge < -0.3 is 19.7 Å². The molecule has 5 heteroatoms. The Labute approximate surface area is 174 Å². The van der Waals surface area contributed by atoms with Crippen molar-refractivity contribution in [2.24, 2.45) is 0 Å². The van der Waals surface area contributed by atoms with Crippen LogP contribution < -0.4 is 9.47 Å². The van der Waals surface area contributed by atoms with Gasteiger partial charge in [-0.15, -0.1) is 0 Å². The Morgan fingerprint density at radius 3 is 1.72 bits per heavy atom. The summed E-state index contributed by atoms with van der Waals surface area (Å²) in [5, 5.41) is 20.8. The van der Waals surface area contributed by atoms with Crippen LogP contribution in [-0.2, 0) is 0 Å². The largest absolute Gasteiger partial charge is 0.491 e. The first-order valence-electron chi connectivity index (χ1n) is 10.4. The summed E-state index contributed by atoms with van der Waals surface area (Å²) in [5.74, 6) is 1.52. The Bertz CT molecular complexity index is 664. The first-order valence-corrected chi connectivity index (χ1v) is 10.4. The van der Waals surface area contributed by atoms with Crippen LogP contribution in [0.2, 0.25) is 0 Å². The van der Waals surface area contributed by atoms with Gasteiger partial charge in [-0.25, -0.2) is 0 Å². The second kappa shape index (κ2) is 12.5. The van der Waals surface area contributed by atoms with E-state index in [0.717, 1.165) is 42.0 Å². The number of ether oxygens (including phenoxy) is 2. The molecule has 2 rings (SSSR count). The number of aliphatic hydroxyl groups excluding tert-OH is 2. The Balaban J connectivity index is 1.80. The highest BCUT2D eigenvalue weighted by Crippen LogP contribution is 2.14. The molecule has 0 saturated heterocycles. The molecule has 0 heterocycles. The van der Waals surface area contributed by atoms with Crippen molar-refractivity contribution in [3.63, 3.8) is 0 Å². The fourth-order valence-corrected chi connectivity index (χ4v) is 3.14. The number of hydrogen-bond acceptors (Lipinski definition) is 5. The molecule has 0 amide bonds. The van der Waals surface area contributed by atoms with Gasteiger partial charge in [0.25, 0.3) is 0 Å². The van der Waals surface area contributed by atoms with E-state index in [2.05, 4.69) is 11.8 Å². The minimum absolute atomic E-state index is 0.224. The Morgan fingerprint density at radius 2 is 1.31 bits per heavy atom. The van der Waals surface area contributed by atoms with E-state index in [4.69, 9.17) is 9.47 Å². The Morgan fingerprint density at radius 1 is 0.828 bits per heavy atom. The van der Waals surface area contributed by atoms with Crippen molar-refractivity contribution >= 4 is 0 Å². The Hall–Kier alpha value is -2.08. The summed E-state index contributed by atoms with van der Waals surface area (Å²) in [4.78, 5) is 2.08. The summed E-state index contributed by atoms with van der Waals surface area (Å²) in [6, 6.07) is 15.6. The number of rotatable bonds is 13. The zero-order valence-electron chi connectivity index (χ0n) is 17.9. The van der Waals surface area contributed by atoms with Crippen molar-refractivity contribution in [2.45, 2.75) is 45.8 Å². The molecule has 29 heavy (non-hydrogen) atoms. The van der Waals surface area contributed by atoms with Crippen LogP contribution in [0.5, 0.6) is 11.5 Å². The normalized spacial score (nSPS) is 13.3. The maximum absolute atomic E-state index is 10.4. The van der Waals surface area contributed by atoms with Crippen molar-refractivity contribution in [3.05, 3.63) is 59.7 Å². The number of nitrogens with zero attached hydrogens (tertiary/aromatic N) is 1. The lowest BCUT2D eigenvalue weighted by atomic mass is 10.2. The van der Waals surface area contributed by atoms with Crippen molar-refractivity contribution in [3.8, 4) is 11.5 Å². The molecule has 0 aliphatic rings. The van der Waals surface area contributed by atoms with Gasteiger partial charge in [-0.05, 0) is 62.2 Å². The molecule has 2 N–H and O–H groups in total. The van der Waals surface area contributed by atoms with Gasteiger partial charge in [-0.1, -0.05) is 37.6 Å². The van der Waals surface area contributed by atoms with Gasteiger partial charge in [0.2, 0.25) is 0 Å². The number of hydrogen-bond donors (Lipinski definition) is 2. The first-order chi connectivity index (χ1) is 14.0. The molecule has 160 valence electrons. The van der Waals surface area contributed by atoms with E-state index in [-0.39, 0.29) is 13.2 Å². The molecule has 0 radical (unpaired) electrons. The summed E-state index contributed by atoms with van der Waals surface area (Å²) in [5.41, 5.74) is 2.25. The third-order valence-electron chi connectivity index (χ3n) is 4.63. The van der Waals surface area contributed by atoms with Crippen LogP contribution in [0.1, 0.15) is 30.9 Å². The summed E-state index contributed by atoms with van der Waals surface area (Å²) >= 11 is 0. The molecule has 0 bridgehead atoms. The van der Waals surface area contributed by atoms with E-state index in [0.29, 0.717) is 13.1 Å². The van der Waals surface area contributed by atoms with Gasteiger partial charge in [0, 0.05) is 13.1 Å². The first kappa shape index (κ1) is 23.2. The highest BCUT2D eigenvalue weighted by Gasteiger charge is 2.17. The second-order valence-corrected chi connectivity index (χ2v) is 7.68. The van der Waals surface area contributed by atoms with E-state index in [1.807, 2.05) is 62.4 Å². The predicted molar refractivity (Wildman–Crippen MR) is 117 cm³/mol. The Kier molecular flexibility index (Phi) is 9.98. The van der Waals surface area contributed by atoms with E-state index in [1.54, 1.807) is 0 Å². The summed E-state index contributed by atoms with van der Waals surface area (Å²) in [6.45, 7) is 8.32. The lowest BCUT2D eigenvalue weighted by molar-refractivity contribution is 0.0309. The summed E-state index contributed by atoms with van der Waals surface area (Å²) < 4.78 is 11.4. The monoisotopic (exact) mass is 401 g/mol. The molecule has 2 aromatic rings. The lowest BCUT2D eigenvalue weighted by Crippen LogP contribution is -2.42. The maximum Gasteiger partial charge on any atom is 0.119 e. The number of aliphatic hydroxyl groups is 2. The van der Waals surface area contributed by atoms with Gasteiger partial charge in [0.15, 0.2) is 0 Å². The zero-order valence-corrected chi connectivity index (χ0v) is 17.9. The fourth-order valence-electron chi connectivity index (χ4n) is 3.14. The minimum Gasteiger partial charge on any atom is -0.491 e. The molecule has 0 aliphatic heterocycles. The van der Waals surface area contributed by atoms with E-state index in [1.165, 1.54) is 0 Å². The number of benzene rings is 2. The van der Waals surface area contributed by atoms with Crippen LogP contribution in [0, 0.1) is 13.8 Å². The smallest absolute Gasteiger partial charge is 0.119 e. The molecule has 0 aliphatic carbocycles. The van der Waals surface area contributed by atoms with Crippen molar-refractivity contribution in [1.82, 2.24) is 4.90 Å². The molecule has 5 nitrogen and oxygen atoms in total. The molecule has 2 atom stereocenters. The second-order valence-electron chi connectivity index (χ2n) is 7.68. The fraction of sp³-hybridized carbons (Fsp3) is 0.500. The SMILES string of the molecule is CCCCN(C[C@H](O)COc1cccc(C)c1)C[C@H](O)COc1cccc(C)c1. The molecule has 0 spiro atoms. The third kappa shape index (κ3) is 9.31. The molecule has 0 fully saturated rings. The highest BCUT2D eigenvalue weighted by molar-refractivity contribution is 5.28. The van der Waals surface area contributed by atoms with E-state index < -0.39 is 12.2 Å². The number of aryl methyl sites for hydroxylation is 2. The van der Waals surface area contributed by atoms with Gasteiger partial charge in [0.1, 0.15) is 36.9 Å². The molecule has 2 aromatic carbocycles. The average molecular weight is 402 g/mol. The van der Waals surface area contributed by atoms with E-state index >= 15 is 0 Å². The van der Waals surface area contributed by atoms with Gasteiger partial charge in [-0.3, -0.25) is 4.90 Å². The van der Waals surface area contributed by atoms with Crippen molar-refractivity contribution in [2.75, 3.05) is 32.8 Å². The summed E-state index contributed by atoms with van der Waals surface area (Å²) in [6.07, 6.45) is 0.814. The topological polar surface area (TPSA) is 62.2 Å².